The first kappa shape index (κ1) is 14.9. The number of anilines is 1. The molecule has 1 aromatic rings. The zero-order chi connectivity index (χ0) is 13.6. The van der Waals surface area contributed by atoms with Crippen LogP contribution in [0.25, 0.3) is 0 Å². The SMILES string of the molecule is COCCCS(=O)(=O)Nc1nc(Cl)cc(OC)n1. The molecule has 0 aromatic carbocycles. The number of methoxy groups -OCH3 is 2. The number of nitrogens with one attached hydrogen (secondary N) is 1. The molecule has 1 rings (SSSR count). The van der Waals surface area contributed by atoms with E-state index in [1.54, 1.807) is 0 Å². The number of rotatable bonds is 7. The zero-order valence-electron chi connectivity index (χ0n) is 10.0. The zero-order valence-corrected chi connectivity index (χ0v) is 11.6. The maximum atomic E-state index is 11.7. The van der Waals surface area contributed by atoms with Gasteiger partial charge in [0.15, 0.2) is 0 Å². The summed E-state index contributed by atoms with van der Waals surface area (Å²) in [5, 5.41) is 0.0939. The molecule has 7 nitrogen and oxygen atoms in total. The van der Waals surface area contributed by atoms with Crippen molar-refractivity contribution in [1.29, 1.82) is 0 Å². The lowest BCUT2D eigenvalue weighted by molar-refractivity contribution is 0.199. The van der Waals surface area contributed by atoms with E-state index in [9.17, 15) is 8.42 Å². The van der Waals surface area contributed by atoms with Gasteiger partial charge < -0.3 is 9.47 Å². The molecule has 102 valence electrons. The van der Waals surface area contributed by atoms with Gasteiger partial charge in [-0.3, -0.25) is 4.72 Å². The van der Waals surface area contributed by atoms with Crippen LogP contribution in [0.2, 0.25) is 5.15 Å². The fraction of sp³-hybridized carbons (Fsp3) is 0.556. The molecular formula is C9H14ClN3O4S. The molecule has 0 atom stereocenters. The molecule has 9 heteroatoms. The van der Waals surface area contributed by atoms with Crippen molar-refractivity contribution < 1.29 is 17.9 Å². The highest BCUT2D eigenvalue weighted by atomic mass is 35.5. The molecule has 0 fully saturated rings. The highest BCUT2D eigenvalue weighted by molar-refractivity contribution is 7.92. The van der Waals surface area contributed by atoms with Crippen molar-refractivity contribution in [2.75, 3.05) is 31.3 Å². The number of sulfonamides is 1. The Balaban J connectivity index is 2.74. The van der Waals surface area contributed by atoms with E-state index in [-0.39, 0.29) is 22.7 Å². The second kappa shape index (κ2) is 6.72. The van der Waals surface area contributed by atoms with Gasteiger partial charge >= 0.3 is 0 Å². The number of hydrogen-bond donors (Lipinski definition) is 1. The number of hydrogen-bond acceptors (Lipinski definition) is 6. The number of aromatic nitrogens is 2. The van der Waals surface area contributed by atoms with Crippen LogP contribution in [0.4, 0.5) is 5.95 Å². The number of nitrogens with zero attached hydrogens (tertiary/aromatic N) is 2. The molecule has 1 heterocycles. The van der Waals surface area contributed by atoms with Crippen LogP contribution in [0.5, 0.6) is 5.88 Å². The van der Waals surface area contributed by atoms with Crippen molar-refractivity contribution in [2.24, 2.45) is 0 Å². The molecule has 18 heavy (non-hydrogen) atoms. The van der Waals surface area contributed by atoms with Crippen molar-refractivity contribution in [3.8, 4) is 5.88 Å². The van der Waals surface area contributed by atoms with Crippen LogP contribution in [0.3, 0.4) is 0 Å². The van der Waals surface area contributed by atoms with Gasteiger partial charge in [-0.15, -0.1) is 0 Å². The number of ether oxygens (including phenoxy) is 2. The van der Waals surface area contributed by atoms with Crippen LogP contribution in [0.1, 0.15) is 6.42 Å². The Morgan fingerprint density at radius 2 is 2.11 bits per heavy atom. The van der Waals surface area contributed by atoms with Crippen LogP contribution < -0.4 is 9.46 Å². The summed E-state index contributed by atoms with van der Waals surface area (Å²) in [6.45, 7) is 0.362. The fourth-order valence-electron chi connectivity index (χ4n) is 1.13. The third-order valence-corrected chi connectivity index (χ3v) is 3.40. The van der Waals surface area contributed by atoms with Crippen molar-refractivity contribution in [1.82, 2.24) is 9.97 Å². The van der Waals surface area contributed by atoms with E-state index in [4.69, 9.17) is 21.1 Å². The number of halogens is 1. The van der Waals surface area contributed by atoms with E-state index in [2.05, 4.69) is 14.7 Å². The summed E-state index contributed by atoms with van der Waals surface area (Å²) in [5.41, 5.74) is 0. The van der Waals surface area contributed by atoms with E-state index in [1.807, 2.05) is 0 Å². The summed E-state index contributed by atoms with van der Waals surface area (Å²) in [6, 6.07) is 1.38. The molecule has 0 saturated heterocycles. The average Bonchev–Trinajstić information content (AvgIpc) is 2.27. The highest BCUT2D eigenvalue weighted by Gasteiger charge is 2.13. The topological polar surface area (TPSA) is 90.4 Å². The van der Waals surface area contributed by atoms with Gasteiger partial charge in [-0.05, 0) is 6.42 Å². The predicted octanol–water partition coefficient (Wildman–Crippen LogP) is 0.917. The molecule has 1 N–H and O–H groups in total. The molecule has 1 aromatic heterocycles. The average molecular weight is 296 g/mol. The smallest absolute Gasteiger partial charge is 0.241 e. The molecular weight excluding hydrogens is 282 g/mol. The van der Waals surface area contributed by atoms with E-state index < -0.39 is 10.0 Å². The summed E-state index contributed by atoms with van der Waals surface area (Å²) in [5.74, 6) is -0.0136. The van der Waals surface area contributed by atoms with Gasteiger partial charge in [0.25, 0.3) is 0 Å². The normalized spacial score (nSPS) is 11.3. The molecule has 0 aliphatic rings. The maximum Gasteiger partial charge on any atom is 0.241 e. The maximum absolute atomic E-state index is 11.7. The van der Waals surface area contributed by atoms with Crippen LogP contribution in [0, 0.1) is 0 Å². The summed E-state index contributed by atoms with van der Waals surface area (Å²) in [7, 11) is -0.615. The van der Waals surface area contributed by atoms with Gasteiger partial charge in [-0.1, -0.05) is 11.6 Å². The molecule has 0 aliphatic heterocycles. The molecule has 0 bridgehead atoms. The van der Waals surface area contributed by atoms with E-state index in [0.29, 0.717) is 13.0 Å². The molecule has 0 amide bonds. The molecule has 0 spiro atoms. The van der Waals surface area contributed by atoms with E-state index in [0.717, 1.165) is 0 Å². The Kier molecular flexibility index (Phi) is 5.57. The van der Waals surface area contributed by atoms with Crippen LogP contribution in [-0.4, -0.2) is 45.0 Å². The van der Waals surface area contributed by atoms with Gasteiger partial charge in [0.05, 0.1) is 12.9 Å². The van der Waals surface area contributed by atoms with Crippen LogP contribution in [-0.2, 0) is 14.8 Å². The first-order chi connectivity index (χ1) is 8.46. The van der Waals surface area contributed by atoms with Crippen molar-refractivity contribution >= 4 is 27.6 Å². The van der Waals surface area contributed by atoms with Crippen LogP contribution in [0.15, 0.2) is 6.07 Å². The Morgan fingerprint density at radius 1 is 1.39 bits per heavy atom. The summed E-state index contributed by atoms with van der Waals surface area (Å²) >= 11 is 5.70. The van der Waals surface area contributed by atoms with Gasteiger partial charge in [0.1, 0.15) is 5.15 Å². The quantitative estimate of drug-likeness (QED) is 0.594. The molecule has 0 unspecified atom stereocenters. The monoisotopic (exact) mass is 295 g/mol. The van der Waals surface area contributed by atoms with Gasteiger partial charge in [-0.25, -0.2) is 13.4 Å². The largest absolute Gasteiger partial charge is 0.481 e. The lowest BCUT2D eigenvalue weighted by Gasteiger charge is -2.07. The minimum Gasteiger partial charge on any atom is -0.481 e. The summed E-state index contributed by atoms with van der Waals surface area (Å²) in [4.78, 5) is 7.57. The van der Waals surface area contributed by atoms with Crippen molar-refractivity contribution in [3.05, 3.63) is 11.2 Å². The molecule has 0 saturated carbocycles. The van der Waals surface area contributed by atoms with E-state index in [1.165, 1.54) is 20.3 Å². The first-order valence-electron chi connectivity index (χ1n) is 5.05. The van der Waals surface area contributed by atoms with Crippen molar-refractivity contribution in [2.45, 2.75) is 6.42 Å². The minimum atomic E-state index is -3.52. The fourth-order valence-corrected chi connectivity index (χ4v) is 2.27. The lowest BCUT2D eigenvalue weighted by Crippen LogP contribution is -2.19. The van der Waals surface area contributed by atoms with E-state index >= 15 is 0 Å². The van der Waals surface area contributed by atoms with Crippen molar-refractivity contribution in [3.63, 3.8) is 0 Å². The standard InChI is InChI=1S/C9H14ClN3O4S/c1-16-4-3-5-18(14,15)13-9-11-7(10)6-8(12-9)17-2/h6H,3-5H2,1-2H3,(H,11,12,13). The van der Waals surface area contributed by atoms with Gasteiger partial charge in [0.2, 0.25) is 21.9 Å². The third-order valence-electron chi connectivity index (χ3n) is 1.89. The molecule has 0 aliphatic carbocycles. The summed E-state index contributed by atoms with van der Waals surface area (Å²) < 4.78 is 35.2. The highest BCUT2D eigenvalue weighted by Crippen LogP contribution is 2.16. The Hall–Kier alpha value is -1.12. The second-order valence-corrected chi connectivity index (χ2v) is 5.55. The first-order valence-corrected chi connectivity index (χ1v) is 7.08. The lowest BCUT2D eigenvalue weighted by atomic mass is 10.5. The Morgan fingerprint density at radius 3 is 2.72 bits per heavy atom. The Labute approximate surface area is 111 Å². The molecule has 0 radical (unpaired) electrons. The van der Waals surface area contributed by atoms with Gasteiger partial charge in [0, 0.05) is 19.8 Å². The predicted molar refractivity (Wildman–Crippen MR) is 67.5 cm³/mol. The van der Waals surface area contributed by atoms with Crippen LogP contribution >= 0.6 is 11.6 Å². The third kappa shape index (κ3) is 5.03. The van der Waals surface area contributed by atoms with Gasteiger partial charge in [-0.2, -0.15) is 4.98 Å². The minimum absolute atomic E-state index is 0.0843. The second-order valence-electron chi connectivity index (χ2n) is 3.32. The summed E-state index contributed by atoms with van der Waals surface area (Å²) in [6.07, 6.45) is 0.379. The Bertz CT molecular complexity index is 495.